The molecule has 0 aliphatic rings. The monoisotopic (exact) mass is 347 g/mol. The molecule has 1 amide bonds. The van der Waals surface area contributed by atoms with Gasteiger partial charge in [-0.15, -0.1) is 0 Å². The fraction of sp³-hybridized carbons (Fsp3) is 0.235. The van der Waals surface area contributed by atoms with Crippen molar-refractivity contribution < 1.29 is 9.53 Å². The molecule has 0 saturated carbocycles. The van der Waals surface area contributed by atoms with Crippen molar-refractivity contribution in [1.82, 2.24) is 5.32 Å². The lowest BCUT2D eigenvalue weighted by Crippen LogP contribution is -2.27. The molecule has 0 heterocycles. The van der Waals surface area contributed by atoms with E-state index in [1.54, 1.807) is 7.11 Å². The second-order valence-electron chi connectivity index (χ2n) is 4.72. The predicted molar refractivity (Wildman–Crippen MR) is 87.6 cm³/mol. The van der Waals surface area contributed by atoms with E-state index >= 15 is 0 Å². The van der Waals surface area contributed by atoms with Crippen molar-refractivity contribution in [2.45, 2.75) is 12.8 Å². The van der Waals surface area contributed by atoms with Crippen LogP contribution >= 0.6 is 15.9 Å². The minimum absolute atomic E-state index is 0.0322. The van der Waals surface area contributed by atoms with Gasteiger partial charge >= 0.3 is 0 Å². The number of carbonyl (C=O) groups excluding carboxylic acids is 1. The van der Waals surface area contributed by atoms with Crippen molar-refractivity contribution in [2.24, 2.45) is 0 Å². The van der Waals surface area contributed by atoms with Crippen molar-refractivity contribution in [1.29, 1.82) is 0 Å². The largest absolute Gasteiger partial charge is 0.497 e. The van der Waals surface area contributed by atoms with E-state index in [-0.39, 0.29) is 5.91 Å². The molecule has 0 unspecified atom stereocenters. The number of methoxy groups -OCH3 is 1. The first-order valence-electron chi connectivity index (χ1n) is 6.82. The fourth-order valence-corrected chi connectivity index (χ4v) is 2.48. The van der Waals surface area contributed by atoms with E-state index in [0.29, 0.717) is 13.0 Å². The second-order valence-corrected chi connectivity index (χ2v) is 5.57. The first-order valence-corrected chi connectivity index (χ1v) is 7.61. The molecule has 0 aliphatic heterocycles. The number of halogens is 1. The molecule has 2 aromatic rings. The first kappa shape index (κ1) is 15.6. The average molecular weight is 348 g/mol. The van der Waals surface area contributed by atoms with E-state index in [1.165, 1.54) is 0 Å². The number of benzene rings is 2. The van der Waals surface area contributed by atoms with Crippen molar-refractivity contribution in [3.63, 3.8) is 0 Å². The smallest absolute Gasteiger partial charge is 0.224 e. The molecule has 110 valence electrons. The van der Waals surface area contributed by atoms with Crippen LogP contribution in [-0.4, -0.2) is 19.6 Å². The lowest BCUT2D eigenvalue weighted by molar-refractivity contribution is -0.120. The van der Waals surface area contributed by atoms with Crippen LogP contribution in [0.3, 0.4) is 0 Å². The molecule has 4 heteroatoms. The lowest BCUT2D eigenvalue weighted by Gasteiger charge is -2.07. The summed E-state index contributed by atoms with van der Waals surface area (Å²) in [4.78, 5) is 11.9. The third kappa shape index (κ3) is 4.90. The quantitative estimate of drug-likeness (QED) is 0.869. The van der Waals surface area contributed by atoms with Crippen LogP contribution < -0.4 is 10.1 Å². The van der Waals surface area contributed by atoms with Gasteiger partial charge in [-0.25, -0.2) is 0 Å². The summed E-state index contributed by atoms with van der Waals surface area (Å²) in [5.41, 5.74) is 2.15. The van der Waals surface area contributed by atoms with Crippen LogP contribution in [0, 0.1) is 0 Å². The van der Waals surface area contributed by atoms with Gasteiger partial charge in [-0.3, -0.25) is 4.79 Å². The van der Waals surface area contributed by atoms with Gasteiger partial charge in [0.15, 0.2) is 0 Å². The van der Waals surface area contributed by atoms with E-state index in [9.17, 15) is 4.79 Å². The highest BCUT2D eigenvalue weighted by molar-refractivity contribution is 9.10. The molecule has 2 rings (SSSR count). The van der Waals surface area contributed by atoms with E-state index < -0.39 is 0 Å². The maximum absolute atomic E-state index is 11.9. The standard InChI is InChI=1S/C17H18BrNO2/c1-21-15-7-4-5-13(11-15)9-10-19-17(20)12-14-6-2-3-8-16(14)18/h2-8,11H,9-10,12H2,1H3,(H,19,20). The zero-order chi connectivity index (χ0) is 15.1. The highest BCUT2D eigenvalue weighted by Crippen LogP contribution is 2.16. The van der Waals surface area contributed by atoms with Crippen LogP contribution in [0.1, 0.15) is 11.1 Å². The van der Waals surface area contributed by atoms with E-state index in [2.05, 4.69) is 21.2 Å². The van der Waals surface area contributed by atoms with Crippen molar-refractivity contribution in [3.8, 4) is 5.75 Å². The minimum atomic E-state index is 0.0322. The normalized spacial score (nSPS) is 10.2. The average Bonchev–Trinajstić information content (AvgIpc) is 2.50. The molecule has 0 radical (unpaired) electrons. The summed E-state index contributed by atoms with van der Waals surface area (Å²) in [6.45, 7) is 0.621. The topological polar surface area (TPSA) is 38.3 Å². The third-order valence-electron chi connectivity index (χ3n) is 3.18. The zero-order valence-electron chi connectivity index (χ0n) is 11.9. The molecule has 0 spiro atoms. The Morgan fingerprint density at radius 3 is 2.76 bits per heavy atom. The van der Waals surface area contributed by atoms with Gasteiger partial charge in [-0.1, -0.05) is 46.3 Å². The molecule has 0 fully saturated rings. The van der Waals surface area contributed by atoms with Crippen LogP contribution in [0.25, 0.3) is 0 Å². The van der Waals surface area contributed by atoms with Crippen LogP contribution in [0.15, 0.2) is 53.0 Å². The Balaban J connectivity index is 1.80. The van der Waals surface area contributed by atoms with Crippen molar-refractivity contribution >= 4 is 21.8 Å². The summed E-state index contributed by atoms with van der Waals surface area (Å²) in [5, 5.41) is 2.94. The number of hydrogen-bond donors (Lipinski definition) is 1. The summed E-state index contributed by atoms with van der Waals surface area (Å²) < 4.78 is 6.15. The Bertz CT molecular complexity index is 613. The summed E-state index contributed by atoms with van der Waals surface area (Å²) >= 11 is 3.45. The highest BCUT2D eigenvalue weighted by atomic mass is 79.9. The third-order valence-corrected chi connectivity index (χ3v) is 3.95. The summed E-state index contributed by atoms with van der Waals surface area (Å²) in [6, 6.07) is 15.6. The molecule has 1 N–H and O–H groups in total. The molecule has 0 atom stereocenters. The second kappa shape index (κ2) is 7.84. The summed E-state index contributed by atoms with van der Waals surface area (Å²) in [6.07, 6.45) is 1.18. The maximum atomic E-state index is 11.9. The van der Waals surface area contributed by atoms with Gasteiger partial charge < -0.3 is 10.1 Å². The van der Waals surface area contributed by atoms with Crippen LogP contribution in [0.4, 0.5) is 0 Å². The summed E-state index contributed by atoms with van der Waals surface area (Å²) in [5.74, 6) is 0.872. The van der Waals surface area contributed by atoms with Crippen LogP contribution in [0.5, 0.6) is 5.75 Å². The van der Waals surface area contributed by atoms with Crippen LogP contribution in [0.2, 0.25) is 0 Å². The molecule has 0 aromatic heterocycles. The van der Waals surface area contributed by atoms with Gasteiger partial charge in [-0.05, 0) is 35.7 Å². The molecular weight excluding hydrogens is 330 g/mol. The number of ether oxygens (including phenoxy) is 1. The van der Waals surface area contributed by atoms with Gasteiger partial charge in [0, 0.05) is 11.0 Å². The fourth-order valence-electron chi connectivity index (χ4n) is 2.05. The van der Waals surface area contributed by atoms with Crippen molar-refractivity contribution in [3.05, 3.63) is 64.1 Å². The predicted octanol–water partition coefficient (Wildman–Crippen LogP) is 3.36. The number of nitrogens with one attached hydrogen (secondary N) is 1. The molecule has 21 heavy (non-hydrogen) atoms. The lowest BCUT2D eigenvalue weighted by atomic mass is 10.1. The number of rotatable bonds is 6. The minimum Gasteiger partial charge on any atom is -0.497 e. The molecular formula is C17H18BrNO2. The van der Waals surface area contributed by atoms with Crippen LogP contribution in [-0.2, 0) is 17.6 Å². The molecule has 3 nitrogen and oxygen atoms in total. The number of hydrogen-bond acceptors (Lipinski definition) is 2. The number of amides is 1. The number of carbonyl (C=O) groups is 1. The van der Waals surface area contributed by atoms with E-state index in [1.807, 2.05) is 48.5 Å². The van der Waals surface area contributed by atoms with Gasteiger partial charge in [0.1, 0.15) is 5.75 Å². The van der Waals surface area contributed by atoms with E-state index in [0.717, 1.165) is 27.8 Å². The van der Waals surface area contributed by atoms with Gasteiger partial charge in [-0.2, -0.15) is 0 Å². The van der Waals surface area contributed by atoms with Crippen molar-refractivity contribution in [2.75, 3.05) is 13.7 Å². The Morgan fingerprint density at radius 1 is 1.19 bits per heavy atom. The van der Waals surface area contributed by atoms with Gasteiger partial charge in [0.2, 0.25) is 5.91 Å². The van der Waals surface area contributed by atoms with Gasteiger partial charge in [0.05, 0.1) is 13.5 Å². The Labute approximate surface area is 133 Å². The SMILES string of the molecule is COc1cccc(CCNC(=O)Cc2ccccc2Br)c1. The highest BCUT2D eigenvalue weighted by Gasteiger charge is 2.05. The summed E-state index contributed by atoms with van der Waals surface area (Å²) in [7, 11) is 1.65. The Morgan fingerprint density at radius 2 is 2.00 bits per heavy atom. The zero-order valence-corrected chi connectivity index (χ0v) is 13.5. The molecule has 0 saturated heterocycles. The first-order chi connectivity index (χ1) is 10.2. The molecule has 2 aromatic carbocycles. The Kier molecular flexibility index (Phi) is 5.81. The molecule has 0 bridgehead atoms. The van der Waals surface area contributed by atoms with E-state index in [4.69, 9.17) is 4.74 Å². The maximum Gasteiger partial charge on any atom is 0.224 e. The molecule has 0 aliphatic carbocycles. The van der Waals surface area contributed by atoms with Gasteiger partial charge in [0.25, 0.3) is 0 Å². The Hall–Kier alpha value is -1.81.